The number of amides is 1. The van der Waals surface area contributed by atoms with Gasteiger partial charge in [0.1, 0.15) is 12.4 Å². The smallest absolute Gasteiger partial charge is 0.329 e. The lowest BCUT2D eigenvalue weighted by Gasteiger charge is -2.31. The molecule has 0 spiro atoms. The maximum atomic E-state index is 12.3. The molecule has 1 N–H and O–H groups in total. The Bertz CT molecular complexity index is 474. The number of aryl methyl sites for hydroxylation is 1. The Morgan fingerprint density at radius 2 is 2.15 bits per heavy atom. The molecule has 0 aromatic carbocycles. The van der Waals surface area contributed by atoms with Crippen LogP contribution in [0.15, 0.2) is 16.7 Å². The van der Waals surface area contributed by atoms with Gasteiger partial charge >= 0.3 is 5.97 Å². The summed E-state index contributed by atoms with van der Waals surface area (Å²) < 4.78 is 10.5. The number of rotatable bonds is 5. The average Bonchev–Trinajstić information content (AvgIpc) is 2.93. The molecule has 1 aromatic heterocycles. The SMILES string of the molecule is CCc1occc1C(=O)N1CCC(OCC(=O)O)CC1. The lowest BCUT2D eigenvalue weighted by Crippen LogP contribution is -2.41. The van der Waals surface area contributed by atoms with Gasteiger partial charge in [0.15, 0.2) is 0 Å². The molecule has 1 saturated heterocycles. The normalized spacial score (nSPS) is 16.4. The van der Waals surface area contributed by atoms with Gasteiger partial charge in [-0.1, -0.05) is 6.92 Å². The van der Waals surface area contributed by atoms with E-state index in [-0.39, 0.29) is 18.6 Å². The second kappa shape index (κ2) is 6.56. The van der Waals surface area contributed by atoms with Gasteiger partial charge in [-0.15, -0.1) is 0 Å². The van der Waals surface area contributed by atoms with E-state index in [2.05, 4.69) is 0 Å². The van der Waals surface area contributed by atoms with Crippen LogP contribution in [0.3, 0.4) is 0 Å². The predicted molar refractivity (Wildman–Crippen MR) is 70.6 cm³/mol. The van der Waals surface area contributed by atoms with Gasteiger partial charge in [-0.25, -0.2) is 4.79 Å². The van der Waals surface area contributed by atoms with Crippen molar-refractivity contribution in [1.29, 1.82) is 0 Å². The number of nitrogens with zero attached hydrogens (tertiary/aromatic N) is 1. The van der Waals surface area contributed by atoms with Gasteiger partial charge in [-0.3, -0.25) is 4.79 Å². The number of furan rings is 1. The molecule has 2 heterocycles. The summed E-state index contributed by atoms with van der Waals surface area (Å²) in [5.41, 5.74) is 0.623. The lowest BCUT2D eigenvalue weighted by molar-refractivity contribution is -0.145. The van der Waals surface area contributed by atoms with Crippen LogP contribution in [0.1, 0.15) is 35.9 Å². The van der Waals surface area contributed by atoms with E-state index in [0.29, 0.717) is 43.7 Å². The highest BCUT2D eigenvalue weighted by atomic mass is 16.5. The zero-order valence-electron chi connectivity index (χ0n) is 11.5. The second-order valence-corrected chi connectivity index (χ2v) is 4.81. The Morgan fingerprint density at radius 3 is 2.75 bits per heavy atom. The molecular weight excluding hydrogens is 262 g/mol. The quantitative estimate of drug-likeness (QED) is 0.885. The first-order valence-corrected chi connectivity index (χ1v) is 6.80. The van der Waals surface area contributed by atoms with E-state index < -0.39 is 5.97 Å². The number of piperidine rings is 1. The number of carboxylic acids is 1. The molecule has 1 aromatic rings. The third-order valence-electron chi connectivity index (χ3n) is 3.47. The van der Waals surface area contributed by atoms with E-state index in [0.717, 1.165) is 0 Å². The van der Waals surface area contributed by atoms with Crippen LogP contribution >= 0.6 is 0 Å². The third-order valence-corrected chi connectivity index (χ3v) is 3.47. The first-order chi connectivity index (χ1) is 9.61. The minimum absolute atomic E-state index is 0.0210. The molecule has 0 bridgehead atoms. The lowest BCUT2D eigenvalue weighted by atomic mass is 10.1. The summed E-state index contributed by atoms with van der Waals surface area (Å²) in [4.78, 5) is 24.6. The zero-order valence-corrected chi connectivity index (χ0v) is 11.5. The van der Waals surface area contributed by atoms with E-state index in [1.807, 2.05) is 6.92 Å². The van der Waals surface area contributed by atoms with Gasteiger partial charge < -0.3 is 19.2 Å². The molecule has 6 heteroatoms. The van der Waals surface area contributed by atoms with Crippen LogP contribution in [0.2, 0.25) is 0 Å². The second-order valence-electron chi connectivity index (χ2n) is 4.81. The zero-order chi connectivity index (χ0) is 14.5. The summed E-state index contributed by atoms with van der Waals surface area (Å²) in [5.74, 6) is -0.277. The minimum Gasteiger partial charge on any atom is -0.480 e. The van der Waals surface area contributed by atoms with Gasteiger partial charge in [-0.05, 0) is 18.9 Å². The van der Waals surface area contributed by atoms with E-state index in [1.165, 1.54) is 6.26 Å². The topological polar surface area (TPSA) is 80.0 Å². The highest BCUT2D eigenvalue weighted by Crippen LogP contribution is 2.19. The van der Waals surface area contributed by atoms with Gasteiger partial charge in [0.05, 0.1) is 17.9 Å². The molecule has 0 aliphatic carbocycles. The fourth-order valence-corrected chi connectivity index (χ4v) is 2.39. The van der Waals surface area contributed by atoms with E-state index in [9.17, 15) is 9.59 Å². The molecule has 20 heavy (non-hydrogen) atoms. The molecule has 2 rings (SSSR count). The van der Waals surface area contributed by atoms with Gasteiger partial charge in [0, 0.05) is 19.5 Å². The molecule has 110 valence electrons. The minimum atomic E-state index is -0.963. The summed E-state index contributed by atoms with van der Waals surface area (Å²) in [7, 11) is 0. The number of likely N-dealkylation sites (tertiary alicyclic amines) is 1. The van der Waals surface area contributed by atoms with E-state index in [1.54, 1.807) is 11.0 Å². The van der Waals surface area contributed by atoms with Crippen LogP contribution in [0.25, 0.3) is 0 Å². The molecule has 0 radical (unpaired) electrons. The highest BCUT2D eigenvalue weighted by Gasteiger charge is 2.26. The van der Waals surface area contributed by atoms with Crippen LogP contribution in [0.4, 0.5) is 0 Å². The monoisotopic (exact) mass is 281 g/mol. The number of ether oxygens (including phenoxy) is 1. The van der Waals surface area contributed by atoms with Crippen LogP contribution in [0.5, 0.6) is 0 Å². The Labute approximate surface area is 117 Å². The van der Waals surface area contributed by atoms with Gasteiger partial charge in [-0.2, -0.15) is 0 Å². The molecular formula is C14H19NO5. The molecule has 6 nitrogen and oxygen atoms in total. The molecule has 1 aliphatic rings. The van der Waals surface area contributed by atoms with Crippen molar-refractivity contribution in [2.75, 3.05) is 19.7 Å². The summed E-state index contributed by atoms with van der Waals surface area (Å²) >= 11 is 0. The number of carboxylic acid groups (broad SMARTS) is 1. The molecule has 0 saturated carbocycles. The van der Waals surface area contributed by atoms with Crippen molar-refractivity contribution < 1.29 is 23.8 Å². The van der Waals surface area contributed by atoms with Crippen molar-refractivity contribution in [3.05, 3.63) is 23.7 Å². The highest BCUT2D eigenvalue weighted by molar-refractivity contribution is 5.95. The molecule has 1 fully saturated rings. The summed E-state index contributed by atoms with van der Waals surface area (Å²) in [6.45, 7) is 2.83. The number of hydrogen-bond acceptors (Lipinski definition) is 4. The number of hydrogen-bond donors (Lipinski definition) is 1. The number of carbonyl (C=O) groups excluding carboxylic acids is 1. The Balaban J connectivity index is 1.87. The fourth-order valence-electron chi connectivity index (χ4n) is 2.39. The summed E-state index contributed by atoms with van der Waals surface area (Å²) in [6.07, 6.45) is 3.47. The molecule has 0 atom stereocenters. The fraction of sp³-hybridized carbons (Fsp3) is 0.571. The maximum Gasteiger partial charge on any atom is 0.329 e. The van der Waals surface area contributed by atoms with Crippen molar-refractivity contribution in [3.63, 3.8) is 0 Å². The van der Waals surface area contributed by atoms with Crippen molar-refractivity contribution in [2.24, 2.45) is 0 Å². The number of aliphatic carboxylic acids is 1. The van der Waals surface area contributed by atoms with E-state index in [4.69, 9.17) is 14.3 Å². The molecule has 0 unspecified atom stereocenters. The molecule has 1 amide bonds. The van der Waals surface area contributed by atoms with Gasteiger partial charge in [0.2, 0.25) is 0 Å². The Hall–Kier alpha value is -1.82. The van der Waals surface area contributed by atoms with Gasteiger partial charge in [0.25, 0.3) is 5.91 Å². The number of carbonyl (C=O) groups is 2. The van der Waals surface area contributed by atoms with Crippen LogP contribution in [-0.2, 0) is 16.0 Å². The van der Waals surface area contributed by atoms with Crippen LogP contribution < -0.4 is 0 Å². The Morgan fingerprint density at radius 1 is 1.45 bits per heavy atom. The first kappa shape index (κ1) is 14.6. The third kappa shape index (κ3) is 3.39. The largest absolute Gasteiger partial charge is 0.480 e. The van der Waals surface area contributed by atoms with Crippen molar-refractivity contribution >= 4 is 11.9 Å². The van der Waals surface area contributed by atoms with Crippen LogP contribution in [-0.4, -0.2) is 47.7 Å². The molecule has 1 aliphatic heterocycles. The maximum absolute atomic E-state index is 12.3. The van der Waals surface area contributed by atoms with Crippen LogP contribution in [0, 0.1) is 0 Å². The van der Waals surface area contributed by atoms with Crippen molar-refractivity contribution in [1.82, 2.24) is 4.90 Å². The standard InChI is InChI=1S/C14H19NO5/c1-2-12-11(5-8-19-12)14(18)15-6-3-10(4-7-15)20-9-13(16)17/h5,8,10H,2-4,6-7,9H2,1H3,(H,16,17). The predicted octanol–water partition coefficient (Wildman–Crippen LogP) is 1.55. The summed E-state index contributed by atoms with van der Waals surface area (Å²) in [5, 5.41) is 8.57. The Kier molecular flexibility index (Phi) is 4.79. The van der Waals surface area contributed by atoms with E-state index >= 15 is 0 Å². The van der Waals surface area contributed by atoms with Crippen molar-refractivity contribution in [3.8, 4) is 0 Å². The average molecular weight is 281 g/mol. The van der Waals surface area contributed by atoms with Crippen molar-refractivity contribution in [2.45, 2.75) is 32.3 Å². The first-order valence-electron chi connectivity index (χ1n) is 6.80. The summed E-state index contributed by atoms with van der Waals surface area (Å²) in [6, 6.07) is 1.70.